The van der Waals surface area contributed by atoms with E-state index in [0.29, 0.717) is 36.5 Å². The van der Waals surface area contributed by atoms with Gasteiger partial charge < -0.3 is 20.8 Å². The molecule has 37 heavy (non-hydrogen) atoms. The van der Waals surface area contributed by atoms with Crippen molar-refractivity contribution >= 4 is 0 Å². The van der Waals surface area contributed by atoms with E-state index in [4.69, 9.17) is 0 Å². The Morgan fingerprint density at radius 3 is 1.73 bits per heavy atom. The maximum absolute atomic E-state index is 11.0. The second-order valence-electron chi connectivity index (χ2n) is 10.0. The van der Waals surface area contributed by atoms with Gasteiger partial charge in [-0.1, -0.05) is 110 Å². The summed E-state index contributed by atoms with van der Waals surface area (Å²) in [6, 6.07) is 32.4. The van der Waals surface area contributed by atoms with Gasteiger partial charge >= 0.3 is 0 Å². The van der Waals surface area contributed by atoms with Gasteiger partial charge in [0.15, 0.2) is 0 Å². The van der Waals surface area contributed by atoms with E-state index in [1.165, 1.54) is 19.3 Å². The number of rotatable bonds is 9. The highest BCUT2D eigenvalue weighted by molar-refractivity contribution is 5.72. The Kier molecular flexibility index (Phi) is 8.19. The zero-order valence-electron chi connectivity index (χ0n) is 21.2. The number of para-hydroxylation sites is 2. The third-order valence-corrected chi connectivity index (χ3v) is 7.59. The first kappa shape index (κ1) is 25.1. The van der Waals surface area contributed by atoms with E-state index in [9.17, 15) is 10.2 Å². The van der Waals surface area contributed by atoms with Crippen LogP contribution in [0.15, 0.2) is 97.1 Å². The quantitative estimate of drug-likeness (QED) is 0.206. The van der Waals surface area contributed by atoms with Crippen LogP contribution in [-0.4, -0.2) is 22.8 Å². The summed E-state index contributed by atoms with van der Waals surface area (Å²) in [5, 5.41) is 29.2. The van der Waals surface area contributed by atoms with E-state index in [0.717, 1.165) is 46.3 Å². The molecule has 1 fully saturated rings. The molecule has 5 rings (SSSR count). The summed E-state index contributed by atoms with van der Waals surface area (Å²) in [6.07, 6.45) is 4.79. The van der Waals surface area contributed by atoms with E-state index in [1.54, 1.807) is 0 Å². The van der Waals surface area contributed by atoms with Crippen molar-refractivity contribution in [1.82, 2.24) is 10.6 Å². The molecule has 2 atom stereocenters. The summed E-state index contributed by atoms with van der Waals surface area (Å²) in [6.45, 7) is 2.17. The van der Waals surface area contributed by atoms with Crippen molar-refractivity contribution in [3.8, 4) is 33.8 Å². The predicted octanol–water partition coefficient (Wildman–Crippen LogP) is 6.87. The van der Waals surface area contributed by atoms with Crippen LogP contribution in [0.4, 0.5) is 0 Å². The molecule has 0 saturated heterocycles. The molecule has 4 aromatic rings. The molecule has 190 valence electrons. The highest BCUT2D eigenvalue weighted by Crippen LogP contribution is 2.34. The minimum atomic E-state index is 0.355. The first-order chi connectivity index (χ1) is 18.2. The summed E-state index contributed by atoms with van der Waals surface area (Å²) in [4.78, 5) is 0. The molecule has 0 amide bonds. The van der Waals surface area contributed by atoms with E-state index >= 15 is 0 Å². The molecule has 0 radical (unpaired) electrons. The fourth-order valence-electron chi connectivity index (χ4n) is 5.52. The average molecular weight is 493 g/mol. The Bertz CT molecular complexity index is 1290. The van der Waals surface area contributed by atoms with Gasteiger partial charge in [0.2, 0.25) is 0 Å². The highest BCUT2D eigenvalue weighted by Gasteiger charge is 2.25. The van der Waals surface area contributed by atoms with Gasteiger partial charge in [-0.3, -0.25) is 0 Å². The molecular formula is C33H36N2O2. The molecular weight excluding hydrogens is 456 g/mol. The standard InChI is InChI=1S/C33H36N2O2/c36-32-27(16-9-18-29(32)24-11-3-1-4-12-24)22-34-21-26-15-7-8-20-31(26)35-23-28-17-10-19-30(33(28)37)25-13-5-2-6-14-25/h1-6,9-14,16-19,26,31,34-37H,7-8,15,20-23H2/t26-,31-/m0/s1. The Morgan fingerprint density at radius 2 is 1.14 bits per heavy atom. The molecule has 0 unspecified atom stereocenters. The molecule has 0 heterocycles. The van der Waals surface area contributed by atoms with Crippen LogP contribution >= 0.6 is 0 Å². The van der Waals surface area contributed by atoms with Crippen LogP contribution in [-0.2, 0) is 13.1 Å². The number of phenols is 2. The second-order valence-corrected chi connectivity index (χ2v) is 10.0. The normalized spacial score (nSPS) is 17.5. The van der Waals surface area contributed by atoms with Gasteiger partial charge in [-0.25, -0.2) is 0 Å². The van der Waals surface area contributed by atoms with Gasteiger partial charge in [-0.05, 0) is 36.4 Å². The molecule has 0 aromatic heterocycles. The number of hydrogen-bond donors (Lipinski definition) is 4. The summed E-state index contributed by atoms with van der Waals surface area (Å²) >= 11 is 0. The maximum atomic E-state index is 11.0. The first-order valence-electron chi connectivity index (χ1n) is 13.4. The van der Waals surface area contributed by atoms with Crippen molar-refractivity contribution in [2.75, 3.05) is 6.54 Å². The Balaban J connectivity index is 1.20. The van der Waals surface area contributed by atoms with Crippen molar-refractivity contribution in [2.45, 2.75) is 44.8 Å². The molecule has 1 saturated carbocycles. The molecule has 4 heteroatoms. The lowest BCUT2D eigenvalue weighted by molar-refractivity contribution is 0.251. The van der Waals surface area contributed by atoms with Crippen molar-refractivity contribution in [3.63, 3.8) is 0 Å². The lowest BCUT2D eigenvalue weighted by Gasteiger charge is -2.33. The number of nitrogens with one attached hydrogen (secondary N) is 2. The fraction of sp³-hybridized carbons (Fsp3) is 0.273. The second kappa shape index (κ2) is 12.1. The summed E-state index contributed by atoms with van der Waals surface area (Å²) in [5.74, 6) is 1.22. The van der Waals surface area contributed by atoms with Crippen LogP contribution in [0.25, 0.3) is 22.3 Å². The number of hydrogen-bond acceptors (Lipinski definition) is 4. The molecule has 1 aliphatic rings. The largest absolute Gasteiger partial charge is 0.507 e. The van der Waals surface area contributed by atoms with Gasteiger partial charge in [0.1, 0.15) is 11.5 Å². The van der Waals surface area contributed by atoms with E-state index in [1.807, 2.05) is 97.1 Å². The van der Waals surface area contributed by atoms with Crippen LogP contribution in [0.3, 0.4) is 0 Å². The van der Waals surface area contributed by atoms with E-state index < -0.39 is 0 Å². The van der Waals surface area contributed by atoms with Gasteiger partial charge in [0.25, 0.3) is 0 Å². The predicted molar refractivity (Wildman–Crippen MR) is 151 cm³/mol. The summed E-state index contributed by atoms with van der Waals surface area (Å²) < 4.78 is 0. The lowest BCUT2D eigenvalue weighted by atomic mass is 9.84. The van der Waals surface area contributed by atoms with Gasteiger partial charge in [-0.15, -0.1) is 0 Å². The average Bonchev–Trinajstić information content (AvgIpc) is 2.95. The van der Waals surface area contributed by atoms with Crippen molar-refractivity contribution in [2.24, 2.45) is 5.92 Å². The third kappa shape index (κ3) is 6.04. The van der Waals surface area contributed by atoms with Gasteiger partial charge in [0, 0.05) is 41.4 Å². The highest BCUT2D eigenvalue weighted by atomic mass is 16.3. The topological polar surface area (TPSA) is 64.5 Å². The molecule has 4 aromatic carbocycles. The smallest absolute Gasteiger partial charge is 0.127 e. The molecule has 4 N–H and O–H groups in total. The zero-order valence-corrected chi connectivity index (χ0v) is 21.2. The van der Waals surface area contributed by atoms with Crippen LogP contribution in [0, 0.1) is 5.92 Å². The van der Waals surface area contributed by atoms with E-state index in [2.05, 4.69) is 10.6 Å². The first-order valence-corrected chi connectivity index (χ1v) is 13.4. The van der Waals surface area contributed by atoms with Crippen LogP contribution in [0.1, 0.15) is 36.8 Å². The van der Waals surface area contributed by atoms with Crippen molar-refractivity contribution in [1.29, 1.82) is 0 Å². The Morgan fingerprint density at radius 1 is 0.595 bits per heavy atom. The molecule has 1 aliphatic carbocycles. The number of phenolic OH excluding ortho intramolecular Hbond substituents is 2. The Hall–Kier alpha value is -3.60. The van der Waals surface area contributed by atoms with Gasteiger partial charge in [-0.2, -0.15) is 0 Å². The zero-order chi connectivity index (χ0) is 25.5. The van der Waals surface area contributed by atoms with Crippen LogP contribution in [0.5, 0.6) is 11.5 Å². The number of aromatic hydroxyl groups is 2. The van der Waals surface area contributed by atoms with E-state index in [-0.39, 0.29) is 0 Å². The molecule has 0 bridgehead atoms. The maximum Gasteiger partial charge on any atom is 0.127 e. The third-order valence-electron chi connectivity index (χ3n) is 7.59. The monoisotopic (exact) mass is 492 g/mol. The SMILES string of the molecule is Oc1c(CNC[C@@H]2CCCC[C@@H]2NCc2cccc(-c3ccccc3)c2O)cccc1-c1ccccc1. The van der Waals surface area contributed by atoms with Crippen molar-refractivity contribution in [3.05, 3.63) is 108 Å². The molecule has 4 nitrogen and oxygen atoms in total. The lowest BCUT2D eigenvalue weighted by Crippen LogP contribution is -2.42. The van der Waals surface area contributed by atoms with Crippen LogP contribution < -0.4 is 10.6 Å². The number of benzene rings is 4. The molecule has 0 aliphatic heterocycles. The van der Waals surface area contributed by atoms with Gasteiger partial charge in [0.05, 0.1) is 0 Å². The fourth-order valence-corrected chi connectivity index (χ4v) is 5.52. The Labute approximate surface area is 220 Å². The molecule has 0 spiro atoms. The minimum absolute atomic E-state index is 0.355. The minimum Gasteiger partial charge on any atom is -0.507 e. The van der Waals surface area contributed by atoms with Crippen molar-refractivity contribution < 1.29 is 10.2 Å². The van der Waals surface area contributed by atoms with Crippen LogP contribution in [0.2, 0.25) is 0 Å². The summed E-state index contributed by atoms with van der Waals surface area (Å²) in [5.41, 5.74) is 5.65. The summed E-state index contributed by atoms with van der Waals surface area (Å²) in [7, 11) is 0.